The van der Waals surface area contributed by atoms with Crippen molar-refractivity contribution in [3.63, 3.8) is 0 Å². The SMILES string of the molecule is CC[As]c1nc(C)c2cc(-c3ccccc3)c(=O)n(CC)c2n1. The van der Waals surface area contributed by atoms with Crippen LogP contribution in [0.2, 0.25) is 5.21 Å². The van der Waals surface area contributed by atoms with Crippen LogP contribution in [0, 0.1) is 6.92 Å². The zero-order valence-corrected chi connectivity index (χ0v) is 15.5. The quantitative estimate of drug-likeness (QED) is 0.665. The van der Waals surface area contributed by atoms with Crippen LogP contribution in [-0.4, -0.2) is 30.3 Å². The first-order valence-corrected chi connectivity index (χ1v) is 10.1. The van der Waals surface area contributed by atoms with E-state index in [4.69, 9.17) is 0 Å². The normalized spacial score (nSPS) is 11.6. The first-order valence-electron chi connectivity index (χ1n) is 7.80. The third-order valence-electron chi connectivity index (χ3n) is 3.82. The van der Waals surface area contributed by atoms with Crippen molar-refractivity contribution in [1.29, 1.82) is 0 Å². The van der Waals surface area contributed by atoms with Crippen molar-refractivity contribution in [2.75, 3.05) is 0 Å². The molecule has 0 bridgehead atoms. The number of fused-ring (bicyclic) bond motifs is 1. The number of hydrogen-bond acceptors (Lipinski definition) is 3. The second-order valence-electron chi connectivity index (χ2n) is 5.29. The second-order valence-corrected chi connectivity index (χ2v) is 8.12. The van der Waals surface area contributed by atoms with Gasteiger partial charge in [-0.1, -0.05) is 0 Å². The van der Waals surface area contributed by atoms with Crippen LogP contribution in [0.25, 0.3) is 22.2 Å². The molecule has 117 valence electrons. The topological polar surface area (TPSA) is 47.8 Å². The summed E-state index contributed by atoms with van der Waals surface area (Å²) in [6, 6.07) is 11.7. The van der Waals surface area contributed by atoms with Gasteiger partial charge in [0.15, 0.2) is 0 Å². The molecule has 2 heterocycles. The molecule has 0 fully saturated rings. The summed E-state index contributed by atoms with van der Waals surface area (Å²) in [7, 11) is 0. The van der Waals surface area contributed by atoms with Crippen molar-refractivity contribution < 1.29 is 0 Å². The summed E-state index contributed by atoms with van der Waals surface area (Å²) < 4.78 is 2.68. The van der Waals surface area contributed by atoms with Gasteiger partial charge in [0.1, 0.15) is 0 Å². The van der Waals surface area contributed by atoms with Crippen LogP contribution in [0.5, 0.6) is 0 Å². The maximum atomic E-state index is 12.9. The molecular weight excluding hydrogens is 349 g/mol. The molecule has 23 heavy (non-hydrogen) atoms. The molecule has 5 heteroatoms. The van der Waals surface area contributed by atoms with Crippen LogP contribution in [-0.2, 0) is 6.54 Å². The molecule has 0 saturated heterocycles. The predicted molar refractivity (Wildman–Crippen MR) is 95.5 cm³/mol. The Balaban J connectivity index is 2.35. The van der Waals surface area contributed by atoms with Crippen molar-refractivity contribution in [3.8, 4) is 11.1 Å². The van der Waals surface area contributed by atoms with Crippen molar-refractivity contribution in [2.24, 2.45) is 0 Å². The van der Waals surface area contributed by atoms with Crippen LogP contribution in [0.1, 0.15) is 19.5 Å². The number of aryl methyl sites for hydroxylation is 2. The summed E-state index contributed by atoms with van der Waals surface area (Å²) in [5.41, 5.74) is 3.38. The Hall–Kier alpha value is -1.93. The van der Waals surface area contributed by atoms with E-state index in [1.54, 1.807) is 4.57 Å². The van der Waals surface area contributed by atoms with E-state index >= 15 is 0 Å². The fourth-order valence-corrected chi connectivity index (χ4v) is 4.11. The molecule has 0 amide bonds. The first-order chi connectivity index (χ1) is 11.2. The van der Waals surface area contributed by atoms with Gasteiger partial charge >= 0.3 is 142 Å². The van der Waals surface area contributed by atoms with Gasteiger partial charge in [0.25, 0.3) is 0 Å². The van der Waals surface area contributed by atoms with Gasteiger partial charge in [-0.3, -0.25) is 0 Å². The van der Waals surface area contributed by atoms with Gasteiger partial charge in [-0.15, -0.1) is 0 Å². The van der Waals surface area contributed by atoms with Crippen LogP contribution in [0.4, 0.5) is 0 Å². The second kappa shape index (κ2) is 6.67. The minimum absolute atomic E-state index is 0.0167. The predicted octanol–water partition coefficient (Wildman–Crippen LogP) is 2.55. The molecule has 0 unspecified atom stereocenters. The summed E-state index contributed by atoms with van der Waals surface area (Å²) in [5, 5.41) is 2.05. The molecule has 0 aliphatic rings. The number of hydrogen-bond donors (Lipinski definition) is 0. The number of rotatable bonds is 4. The molecule has 4 nitrogen and oxygen atoms in total. The van der Waals surface area contributed by atoms with E-state index in [2.05, 4.69) is 16.9 Å². The van der Waals surface area contributed by atoms with Crippen molar-refractivity contribution in [3.05, 3.63) is 52.4 Å². The molecule has 0 aliphatic heterocycles. The van der Waals surface area contributed by atoms with E-state index in [9.17, 15) is 4.79 Å². The van der Waals surface area contributed by atoms with E-state index in [0.29, 0.717) is 12.1 Å². The summed E-state index contributed by atoms with van der Waals surface area (Å²) in [6.45, 7) is 6.74. The van der Waals surface area contributed by atoms with Crippen LogP contribution >= 0.6 is 0 Å². The molecule has 1 radical (unpaired) electrons. The van der Waals surface area contributed by atoms with Gasteiger partial charge in [0.2, 0.25) is 0 Å². The van der Waals surface area contributed by atoms with Gasteiger partial charge < -0.3 is 0 Å². The summed E-state index contributed by atoms with van der Waals surface area (Å²) >= 11 is -0.0308. The van der Waals surface area contributed by atoms with Gasteiger partial charge in [-0.05, 0) is 0 Å². The molecule has 3 aromatic rings. The van der Waals surface area contributed by atoms with Gasteiger partial charge in [-0.2, -0.15) is 0 Å². The third-order valence-corrected chi connectivity index (χ3v) is 5.50. The summed E-state index contributed by atoms with van der Waals surface area (Å²) in [5.74, 6) is 0. The minimum atomic E-state index is -0.0308. The van der Waals surface area contributed by atoms with E-state index in [0.717, 1.165) is 32.1 Å². The molecule has 2 aromatic heterocycles. The maximum absolute atomic E-state index is 12.9. The Bertz CT molecular complexity index is 904. The Morgan fingerprint density at radius 3 is 2.52 bits per heavy atom. The number of pyridine rings is 1. The average Bonchev–Trinajstić information content (AvgIpc) is 2.56. The average molecular weight is 368 g/mol. The Labute approximate surface area is 142 Å². The summed E-state index contributed by atoms with van der Waals surface area (Å²) in [6.07, 6.45) is 0. The zero-order chi connectivity index (χ0) is 16.4. The van der Waals surface area contributed by atoms with Crippen molar-refractivity contribution in [1.82, 2.24) is 14.5 Å². The van der Waals surface area contributed by atoms with E-state index in [-0.39, 0.29) is 21.3 Å². The van der Waals surface area contributed by atoms with E-state index in [1.165, 1.54) is 0 Å². The molecule has 3 rings (SSSR count). The van der Waals surface area contributed by atoms with E-state index < -0.39 is 0 Å². The van der Waals surface area contributed by atoms with Crippen molar-refractivity contribution in [2.45, 2.75) is 32.5 Å². The Kier molecular flexibility index (Phi) is 4.63. The van der Waals surface area contributed by atoms with Crippen LogP contribution in [0.15, 0.2) is 41.2 Å². The molecule has 0 spiro atoms. The van der Waals surface area contributed by atoms with Gasteiger partial charge in [0.05, 0.1) is 0 Å². The fraction of sp³-hybridized carbons (Fsp3) is 0.278. The molecule has 1 aromatic carbocycles. The molecule has 0 saturated carbocycles. The number of nitrogens with zero attached hydrogens (tertiary/aromatic N) is 3. The van der Waals surface area contributed by atoms with Crippen LogP contribution < -0.4 is 10.2 Å². The van der Waals surface area contributed by atoms with Gasteiger partial charge in [0, 0.05) is 0 Å². The van der Waals surface area contributed by atoms with E-state index in [1.807, 2.05) is 50.2 Å². The number of benzene rings is 1. The molecule has 0 atom stereocenters. The third kappa shape index (κ3) is 2.96. The molecule has 0 aliphatic carbocycles. The Morgan fingerprint density at radius 1 is 1.13 bits per heavy atom. The first kappa shape index (κ1) is 15.9. The Morgan fingerprint density at radius 2 is 1.87 bits per heavy atom. The fourth-order valence-electron chi connectivity index (χ4n) is 2.70. The standard InChI is InChI=1S/C18H19AsN3O/c1-4-19-18-20-12(3)14-11-15(13-9-7-6-8-10-13)17(23)22(5-2)16(14)21-18/h6-11H,4-5H2,1-3H3. The van der Waals surface area contributed by atoms with Crippen molar-refractivity contribution >= 4 is 31.4 Å². The molecular formula is C18H19AsN3O. The van der Waals surface area contributed by atoms with Crippen LogP contribution in [0.3, 0.4) is 0 Å². The molecule has 0 N–H and O–H groups in total. The summed E-state index contributed by atoms with van der Waals surface area (Å²) in [4.78, 5) is 22.2. The van der Waals surface area contributed by atoms with Gasteiger partial charge in [-0.25, -0.2) is 0 Å². The monoisotopic (exact) mass is 368 g/mol. The zero-order valence-electron chi connectivity index (χ0n) is 13.6. The number of aromatic nitrogens is 3.